The molecular formula is C56H52P2. The highest BCUT2D eigenvalue weighted by atomic mass is 31.1. The van der Waals surface area contributed by atoms with Crippen molar-refractivity contribution in [2.45, 2.75) is 62.7 Å². The fraction of sp³-hybridized carbons (Fsp3) is 0.214. The first kappa shape index (κ1) is 37.4. The molecule has 0 spiro atoms. The largest absolute Gasteiger partial charge is 0.0622 e. The van der Waals surface area contributed by atoms with Crippen LogP contribution in [0.1, 0.15) is 49.7 Å². The van der Waals surface area contributed by atoms with Crippen LogP contribution in [0, 0.1) is 11.8 Å². The molecule has 0 amide bonds. The fourth-order valence-corrected chi connectivity index (χ4v) is 17.1. The number of hydrogen-bond acceptors (Lipinski definition) is 0. The minimum atomic E-state index is -0.478. The zero-order valence-corrected chi connectivity index (χ0v) is 35.1. The Morgan fingerprint density at radius 3 is 1.02 bits per heavy atom. The van der Waals surface area contributed by atoms with Gasteiger partial charge >= 0.3 is 0 Å². The zero-order chi connectivity index (χ0) is 38.7. The Morgan fingerprint density at radius 1 is 0.328 bits per heavy atom. The van der Waals surface area contributed by atoms with Crippen molar-refractivity contribution in [3.63, 3.8) is 0 Å². The summed E-state index contributed by atoms with van der Waals surface area (Å²) < 4.78 is 0. The summed E-state index contributed by atoms with van der Waals surface area (Å²) in [6.45, 7) is 0. The first-order valence-electron chi connectivity index (χ1n) is 21.6. The number of hydrogen-bond donors (Lipinski definition) is 0. The van der Waals surface area contributed by atoms with Gasteiger partial charge in [0.15, 0.2) is 0 Å². The summed E-state index contributed by atoms with van der Waals surface area (Å²) in [6, 6.07) is 74.2. The van der Waals surface area contributed by atoms with Gasteiger partial charge in [0.25, 0.3) is 0 Å². The minimum Gasteiger partial charge on any atom is -0.0622 e. The summed E-state index contributed by atoms with van der Waals surface area (Å²) in [6.07, 6.45) is 10.1. The van der Waals surface area contributed by atoms with Crippen molar-refractivity contribution >= 4 is 58.6 Å². The van der Waals surface area contributed by atoms with Gasteiger partial charge in [0.05, 0.1) is 0 Å². The summed E-state index contributed by atoms with van der Waals surface area (Å²) in [5.74, 6) is 1.26. The van der Waals surface area contributed by atoms with E-state index in [4.69, 9.17) is 0 Å². The summed E-state index contributed by atoms with van der Waals surface area (Å²) >= 11 is 0. The van der Waals surface area contributed by atoms with E-state index in [0.29, 0.717) is 23.2 Å². The van der Waals surface area contributed by atoms with Crippen LogP contribution < -0.4 is 21.2 Å². The smallest absolute Gasteiger partial charge is 0.00642 e. The molecule has 0 aromatic heterocycles. The molecule has 8 aromatic carbocycles. The minimum absolute atomic E-state index is 0.478. The third kappa shape index (κ3) is 7.48. The molecule has 2 aliphatic carbocycles. The van der Waals surface area contributed by atoms with Gasteiger partial charge in [0.2, 0.25) is 0 Å². The van der Waals surface area contributed by atoms with Crippen LogP contribution in [0.3, 0.4) is 0 Å². The maximum absolute atomic E-state index is 2.52. The first-order chi connectivity index (χ1) is 28.8. The molecule has 2 fully saturated rings. The Balaban J connectivity index is 1.09. The SMILES string of the molecule is c1ccc(P(c2ccccc2)C2CCCC2Cc2ccc3ccccc3c2-c2c(CC3CCCC3P(c3ccccc3)c3ccccc3)ccc3ccccc23)cc1. The van der Waals surface area contributed by atoms with Gasteiger partial charge < -0.3 is 0 Å². The molecule has 0 radical (unpaired) electrons. The van der Waals surface area contributed by atoms with E-state index in [9.17, 15) is 0 Å². The van der Waals surface area contributed by atoms with Crippen LogP contribution in [0.5, 0.6) is 0 Å². The number of rotatable bonds is 11. The van der Waals surface area contributed by atoms with E-state index < -0.39 is 15.8 Å². The van der Waals surface area contributed by atoms with Gasteiger partial charge in [0.1, 0.15) is 0 Å². The average molecular weight is 787 g/mol. The maximum Gasteiger partial charge on any atom is -0.00642 e. The van der Waals surface area contributed by atoms with E-state index in [1.54, 1.807) is 0 Å². The van der Waals surface area contributed by atoms with E-state index in [0.717, 1.165) is 12.8 Å². The lowest BCUT2D eigenvalue weighted by molar-refractivity contribution is 0.553. The van der Waals surface area contributed by atoms with Crippen LogP contribution in [0.4, 0.5) is 0 Å². The van der Waals surface area contributed by atoms with Crippen molar-refractivity contribution in [3.8, 4) is 11.1 Å². The second-order valence-corrected chi connectivity index (χ2v) is 21.5. The molecule has 0 aliphatic heterocycles. The highest BCUT2D eigenvalue weighted by molar-refractivity contribution is 7.74. The van der Waals surface area contributed by atoms with Crippen LogP contribution in [0.15, 0.2) is 194 Å². The Hall–Kier alpha value is -4.86. The molecule has 4 atom stereocenters. The summed E-state index contributed by atoms with van der Waals surface area (Å²) in [5.41, 5.74) is 7.34. The van der Waals surface area contributed by atoms with Crippen molar-refractivity contribution in [2.24, 2.45) is 11.8 Å². The molecule has 2 heteroatoms. The molecule has 0 nitrogen and oxygen atoms in total. The molecule has 58 heavy (non-hydrogen) atoms. The van der Waals surface area contributed by atoms with E-state index in [1.807, 2.05) is 0 Å². The van der Waals surface area contributed by atoms with Crippen molar-refractivity contribution in [3.05, 3.63) is 205 Å². The summed E-state index contributed by atoms with van der Waals surface area (Å²) in [4.78, 5) is 0. The highest BCUT2D eigenvalue weighted by Crippen LogP contribution is 2.54. The monoisotopic (exact) mass is 786 g/mol. The van der Waals surface area contributed by atoms with E-state index >= 15 is 0 Å². The molecule has 4 unspecified atom stereocenters. The normalized spacial score (nSPS) is 19.4. The van der Waals surface area contributed by atoms with Crippen LogP contribution in [-0.4, -0.2) is 11.3 Å². The van der Waals surface area contributed by atoms with Crippen LogP contribution in [0.25, 0.3) is 32.7 Å². The quantitative estimate of drug-likeness (QED) is 0.115. The standard InChI is InChI=1S/C56H52P2/c1-5-23-47(24-6-1)57(48-25-7-2-8-26-48)53-33-17-21-43(53)39-45-37-35-41-19-13-15-31-51(41)55(45)56-46(38-36-42-20-14-16-32-52(42)56)40-44-22-18-34-54(44)58(49-27-9-3-10-28-49)50-29-11-4-12-30-50/h1-16,19-20,23-32,35-38,43-44,53-54H,17-18,21-22,33-34,39-40H2. The first-order valence-corrected chi connectivity index (χ1v) is 24.4. The third-order valence-electron chi connectivity index (χ3n) is 13.3. The van der Waals surface area contributed by atoms with Crippen molar-refractivity contribution < 1.29 is 0 Å². The molecule has 0 bridgehead atoms. The molecular weight excluding hydrogens is 735 g/mol. The second kappa shape index (κ2) is 17.2. The fourth-order valence-electron chi connectivity index (χ4n) is 10.7. The van der Waals surface area contributed by atoms with Crippen molar-refractivity contribution in [2.75, 3.05) is 0 Å². The van der Waals surface area contributed by atoms with E-state index in [2.05, 4.69) is 194 Å². The molecule has 8 aromatic rings. The highest BCUT2D eigenvalue weighted by Gasteiger charge is 2.38. The van der Waals surface area contributed by atoms with Crippen molar-refractivity contribution in [1.29, 1.82) is 0 Å². The van der Waals surface area contributed by atoms with Crippen LogP contribution in [-0.2, 0) is 12.8 Å². The molecule has 0 heterocycles. The molecule has 2 aliphatic rings. The Bertz CT molecular complexity index is 2340. The van der Waals surface area contributed by atoms with E-state index in [-0.39, 0.29) is 0 Å². The maximum atomic E-state index is 2.52. The molecule has 2 saturated carbocycles. The summed E-state index contributed by atoms with van der Waals surface area (Å²) in [5, 5.41) is 11.6. The van der Waals surface area contributed by atoms with Gasteiger partial charge in [-0.25, -0.2) is 0 Å². The Morgan fingerprint density at radius 2 is 0.655 bits per heavy atom. The lowest BCUT2D eigenvalue weighted by atomic mass is 9.82. The van der Waals surface area contributed by atoms with Gasteiger partial charge in [-0.05, 0) is 143 Å². The molecule has 0 N–H and O–H groups in total. The van der Waals surface area contributed by atoms with Crippen LogP contribution in [0.2, 0.25) is 0 Å². The molecule has 0 saturated heterocycles. The predicted molar refractivity (Wildman–Crippen MR) is 255 cm³/mol. The number of fused-ring (bicyclic) bond motifs is 2. The summed E-state index contributed by atoms with van der Waals surface area (Å²) in [7, 11) is -0.956. The topological polar surface area (TPSA) is 0 Å². The van der Waals surface area contributed by atoms with Gasteiger partial charge in [-0.2, -0.15) is 0 Å². The molecule has 286 valence electrons. The Kier molecular flexibility index (Phi) is 11.1. The predicted octanol–water partition coefficient (Wildman–Crippen LogP) is 13.3. The average Bonchev–Trinajstić information content (AvgIpc) is 3.95. The number of benzene rings is 8. The third-order valence-corrected chi connectivity index (χ3v) is 19.4. The van der Waals surface area contributed by atoms with Crippen LogP contribution >= 0.6 is 15.8 Å². The van der Waals surface area contributed by atoms with E-state index in [1.165, 1.54) is 104 Å². The van der Waals surface area contributed by atoms with Gasteiger partial charge in [0, 0.05) is 0 Å². The Labute approximate surface area is 347 Å². The van der Waals surface area contributed by atoms with Gasteiger partial charge in [-0.15, -0.1) is 0 Å². The zero-order valence-electron chi connectivity index (χ0n) is 33.3. The van der Waals surface area contributed by atoms with Crippen molar-refractivity contribution in [1.82, 2.24) is 0 Å². The van der Waals surface area contributed by atoms with Gasteiger partial charge in [-0.1, -0.05) is 207 Å². The second-order valence-electron chi connectivity index (χ2n) is 16.6. The lowest BCUT2D eigenvalue weighted by Gasteiger charge is -2.32. The van der Waals surface area contributed by atoms with Gasteiger partial charge in [-0.3, -0.25) is 0 Å². The lowest BCUT2D eigenvalue weighted by Crippen LogP contribution is -2.26. The molecule has 10 rings (SSSR count).